The van der Waals surface area contributed by atoms with E-state index in [0.29, 0.717) is 12.6 Å². The Morgan fingerprint density at radius 3 is 2.64 bits per heavy atom. The van der Waals surface area contributed by atoms with Gasteiger partial charge in [-0.3, -0.25) is 0 Å². The van der Waals surface area contributed by atoms with Gasteiger partial charge < -0.3 is 15.5 Å². The summed E-state index contributed by atoms with van der Waals surface area (Å²) in [6, 6.07) is 9.23. The molecule has 1 unspecified atom stereocenters. The fourth-order valence-electron chi connectivity index (χ4n) is 3.35. The van der Waals surface area contributed by atoms with Crippen LogP contribution in [0.5, 0.6) is 0 Å². The van der Waals surface area contributed by atoms with E-state index in [-0.39, 0.29) is 24.0 Å². The molecule has 0 amide bonds. The van der Waals surface area contributed by atoms with Gasteiger partial charge in [-0.05, 0) is 52.7 Å². The van der Waals surface area contributed by atoms with Crippen molar-refractivity contribution >= 4 is 47.0 Å². The summed E-state index contributed by atoms with van der Waals surface area (Å²) in [4.78, 5) is 13.1. The van der Waals surface area contributed by atoms with Crippen molar-refractivity contribution in [1.29, 1.82) is 0 Å². The number of aromatic nitrogens is 1. The summed E-state index contributed by atoms with van der Waals surface area (Å²) in [6.07, 6.45) is 2.36. The maximum atomic E-state index is 4.77. The van der Waals surface area contributed by atoms with Crippen molar-refractivity contribution in [2.75, 3.05) is 24.5 Å². The van der Waals surface area contributed by atoms with E-state index in [1.54, 1.807) is 11.3 Å². The first-order chi connectivity index (χ1) is 13.0. The van der Waals surface area contributed by atoms with Gasteiger partial charge in [0.05, 0.1) is 12.2 Å². The average molecular weight is 513 g/mol. The zero-order valence-corrected chi connectivity index (χ0v) is 20.4. The van der Waals surface area contributed by atoms with Crippen LogP contribution in [0.2, 0.25) is 0 Å². The van der Waals surface area contributed by atoms with Crippen molar-refractivity contribution in [2.24, 2.45) is 4.99 Å². The smallest absolute Gasteiger partial charge is 0.191 e. The Balaban J connectivity index is 0.00000280. The number of aryl methyl sites for hydroxylation is 3. The third kappa shape index (κ3) is 6.34. The fourth-order valence-corrected chi connectivity index (χ4v) is 4.21. The summed E-state index contributed by atoms with van der Waals surface area (Å²) in [5, 5.41) is 8.09. The van der Waals surface area contributed by atoms with Crippen LogP contribution in [0.3, 0.4) is 0 Å². The minimum atomic E-state index is 0. The molecular formula is C21H32IN5S. The maximum Gasteiger partial charge on any atom is 0.191 e. The summed E-state index contributed by atoms with van der Waals surface area (Å²) >= 11 is 1.74. The molecule has 7 heteroatoms. The Hall–Kier alpha value is -1.35. The normalized spacial score (nSPS) is 17.2. The van der Waals surface area contributed by atoms with Crippen molar-refractivity contribution in [3.8, 4) is 0 Å². The number of aliphatic imine (C=N–C) groups is 1. The summed E-state index contributed by atoms with van der Waals surface area (Å²) in [5.74, 6) is 0.888. The molecule has 154 valence electrons. The van der Waals surface area contributed by atoms with E-state index in [0.717, 1.165) is 36.3 Å². The number of benzene rings is 1. The first kappa shape index (κ1) is 22.9. The van der Waals surface area contributed by atoms with E-state index in [4.69, 9.17) is 4.99 Å². The molecule has 0 bridgehead atoms. The van der Waals surface area contributed by atoms with Gasteiger partial charge in [0.2, 0.25) is 0 Å². The number of hydrogen-bond acceptors (Lipinski definition) is 4. The van der Waals surface area contributed by atoms with Crippen LogP contribution in [-0.4, -0.2) is 36.6 Å². The van der Waals surface area contributed by atoms with Gasteiger partial charge in [0.25, 0.3) is 0 Å². The topological polar surface area (TPSA) is 52.6 Å². The van der Waals surface area contributed by atoms with Crippen LogP contribution < -0.4 is 15.5 Å². The Kier molecular flexibility index (Phi) is 9.01. The number of hydrogen-bond donors (Lipinski definition) is 2. The SMILES string of the molecule is CCNC(=NCc1nc(C)c(C)s1)NC1CCCN(c2ccc(C)cc2)C1.I. The third-order valence-electron chi connectivity index (χ3n) is 4.95. The molecule has 28 heavy (non-hydrogen) atoms. The summed E-state index contributed by atoms with van der Waals surface area (Å²) in [6.45, 7) is 12.0. The first-order valence-electron chi connectivity index (χ1n) is 9.84. The molecule has 0 aliphatic carbocycles. The number of rotatable bonds is 5. The van der Waals surface area contributed by atoms with Gasteiger partial charge in [-0.1, -0.05) is 17.7 Å². The Morgan fingerprint density at radius 2 is 2.00 bits per heavy atom. The molecule has 1 saturated heterocycles. The van der Waals surface area contributed by atoms with Crippen LogP contribution in [0, 0.1) is 20.8 Å². The molecule has 0 radical (unpaired) electrons. The van der Waals surface area contributed by atoms with Crippen LogP contribution in [0.15, 0.2) is 29.3 Å². The van der Waals surface area contributed by atoms with E-state index in [1.165, 1.54) is 29.0 Å². The van der Waals surface area contributed by atoms with E-state index < -0.39 is 0 Å². The monoisotopic (exact) mass is 513 g/mol. The molecule has 2 aromatic rings. The Bertz CT molecular complexity index is 752. The van der Waals surface area contributed by atoms with E-state index in [9.17, 15) is 0 Å². The molecule has 2 heterocycles. The van der Waals surface area contributed by atoms with Gasteiger partial charge in [-0.2, -0.15) is 0 Å². The highest BCUT2D eigenvalue weighted by Gasteiger charge is 2.21. The molecule has 1 aliphatic heterocycles. The molecule has 3 rings (SSSR count). The number of nitrogens with one attached hydrogen (secondary N) is 2. The molecule has 0 spiro atoms. The number of piperidine rings is 1. The van der Waals surface area contributed by atoms with E-state index >= 15 is 0 Å². The highest BCUT2D eigenvalue weighted by atomic mass is 127. The first-order valence-corrected chi connectivity index (χ1v) is 10.7. The number of halogens is 1. The summed E-state index contributed by atoms with van der Waals surface area (Å²) in [7, 11) is 0. The number of guanidine groups is 1. The van der Waals surface area contributed by atoms with Crippen molar-refractivity contribution in [3.05, 3.63) is 45.4 Å². The van der Waals surface area contributed by atoms with E-state index in [1.807, 2.05) is 0 Å². The number of anilines is 1. The van der Waals surface area contributed by atoms with Crippen LogP contribution in [0.4, 0.5) is 5.69 Å². The minimum Gasteiger partial charge on any atom is -0.369 e. The van der Waals surface area contributed by atoms with Gasteiger partial charge in [0, 0.05) is 36.2 Å². The average Bonchev–Trinajstić information content (AvgIpc) is 2.98. The molecule has 1 atom stereocenters. The molecule has 0 saturated carbocycles. The lowest BCUT2D eigenvalue weighted by molar-refractivity contribution is 0.468. The quantitative estimate of drug-likeness (QED) is 0.354. The lowest BCUT2D eigenvalue weighted by Gasteiger charge is -2.35. The van der Waals surface area contributed by atoms with Gasteiger partial charge >= 0.3 is 0 Å². The van der Waals surface area contributed by atoms with Crippen LogP contribution in [0.25, 0.3) is 0 Å². The fraction of sp³-hybridized carbons (Fsp3) is 0.524. The van der Waals surface area contributed by atoms with E-state index in [2.05, 4.69) is 72.5 Å². The second kappa shape index (κ2) is 11.0. The molecule has 2 N–H and O–H groups in total. The molecule has 1 aromatic heterocycles. The third-order valence-corrected chi connectivity index (χ3v) is 6.01. The van der Waals surface area contributed by atoms with Crippen molar-refractivity contribution < 1.29 is 0 Å². The second-order valence-corrected chi connectivity index (χ2v) is 8.50. The molecule has 5 nitrogen and oxygen atoms in total. The number of thiazole rings is 1. The standard InChI is InChI=1S/C21H31N5S.HI/c1-5-22-21(23-13-20-24-16(3)17(4)27-20)25-18-7-6-12-26(14-18)19-10-8-15(2)9-11-19;/h8-11,18H,5-7,12-14H2,1-4H3,(H2,22,23,25);1H. The maximum absolute atomic E-state index is 4.77. The molecular weight excluding hydrogens is 481 g/mol. The minimum absolute atomic E-state index is 0. The lowest BCUT2D eigenvalue weighted by Crippen LogP contribution is -2.51. The van der Waals surface area contributed by atoms with Crippen molar-refractivity contribution in [3.63, 3.8) is 0 Å². The highest BCUT2D eigenvalue weighted by Crippen LogP contribution is 2.21. The van der Waals surface area contributed by atoms with Crippen LogP contribution in [-0.2, 0) is 6.54 Å². The number of nitrogens with zero attached hydrogens (tertiary/aromatic N) is 3. The zero-order chi connectivity index (χ0) is 19.2. The van der Waals surface area contributed by atoms with Crippen molar-refractivity contribution in [2.45, 2.75) is 53.1 Å². The van der Waals surface area contributed by atoms with Crippen molar-refractivity contribution in [1.82, 2.24) is 15.6 Å². The largest absolute Gasteiger partial charge is 0.369 e. The van der Waals surface area contributed by atoms with Crippen LogP contribution in [0.1, 0.15) is 40.9 Å². The van der Waals surface area contributed by atoms with Gasteiger partial charge in [-0.25, -0.2) is 9.98 Å². The lowest BCUT2D eigenvalue weighted by atomic mass is 10.0. The van der Waals surface area contributed by atoms with Gasteiger partial charge in [0.1, 0.15) is 5.01 Å². The molecule has 1 aliphatic rings. The Labute approximate surface area is 190 Å². The summed E-state index contributed by atoms with van der Waals surface area (Å²) in [5.41, 5.74) is 3.73. The van der Waals surface area contributed by atoms with Gasteiger partial charge in [0.15, 0.2) is 5.96 Å². The Morgan fingerprint density at radius 1 is 1.25 bits per heavy atom. The zero-order valence-electron chi connectivity index (χ0n) is 17.3. The summed E-state index contributed by atoms with van der Waals surface area (Å²) < 4.78 is 0. The predicted molar refractivity (Wildman–Crippen MR) is 131 cm³/mol. The van der Waals surface area contributed by atoms with Crippen LogP contribution >= 0.6 is 35.3 Å². The second-order valence-electron chi connectivity index (χ2n) is 7.21. The van der Waals surface area contributed by atoms with Gasteiger partial charge in [-0.15, -0.1) is 35.3 Å². The molecule has 1 fully saturated rings. The highest BCUT2D eigenvalue weighted by molar-refractivity contribution is 14.0. The molecule has 1 aromatic carbocycles. The predicted octanol–water partition coefficient (Wildman–Crippen LogP) is 4.41.